The minimum atomic E-state index is -0.859. The third-order valence-corrected chi connectivity index (χ3v) is 3.90. The van der Waals surface area contributed by atoms with Crippen LogP contribution in [0.2, 0.25) is 0 Å². The SMILES string of the molecule is CCC(CC(CCc1ccccc1)C(=O)OCCOC)C(=O)O. The van der Waals surface area contributed by atoms with Gasteiger partial charge < -0.3 is 14.6 Å². The molecule has 0 heterocycles. The fourth-order valence-electron chi connectivity index (χ4n) is 2.45. The van der Waals surface area contributed by atoms with E-state index in [1.165, 1.54) is 7.11 Å². The number of carbonyl (C=O) groups excluding carboxylic acids is 1. The van der Waals surface area contributed by atoms with E-state index in [1.54, 1.807) is 0 Å². The molecule has 23 heavy (non-hydrogen) atoms. The summed E-state index contributed by atoms with van der Waals surface area (Å²) in [6, 6.07) is 9.85. The van der Waals surface area contributed by atoms with Crippen molar-refractivity contribution in [1.29, 1.82) is 0 Å². The van der Waals surface area contributed by atoms with E-state index in [0.717, 1.165) is 12.0 Å². The van der Waals surface area contributed by atoms with Crippen LogP contribution in [0.1, 0.15) is 31.7 Å². The van der Waals surface area contributed by atoms with Crippen LogP contribution in [0.15, 0.2) is 30.3 Å². The van der Waals surface area contributed by atoms with Gasteiger partial charge in [-0.25, -0.2) is 0 Å². The molecule has 0 saturated carbocycles. The molecule has 0 spiro atoms. The molecular weight excluding hydrogens is 296 g/mol. The molecule has 0 saturated heterocycles. The lowest BCUT2D eigenvalue weighted by molar-refractivity contribution is -0.152. The third kappa shape index (κ3) is 7.28. The van der Waals surface area contributed by atoms with Crippen LogP contribution in [0.4, 0.5) is 0 Å². The second-order valence-electron chi connectivity index (χ2n) is 5.56. The summed E-state index contributed by atoms with van der Waals surface area (Å²) in [6.45, 7) is 2.36. The van der Waals surface area contributed by atoms with E-state index in [-0.39, 0.29) is 12.6 Å². The van der Waals surface area contributed by atoms with Gasteiger partial charge in [0.15, 0.2) is 0 Å². The van der Waals surface area contributed by atoms with Gasteiger partial charge >= 0.3 is 11.9 Å². The first kappa shape index (κ1) is 19.2. The van der Waals surface area contributed by atoms with Crippen LogP contribution in [0.5, 0.6) is 0 Å². The van der Waals surface area contributed by atoms with Gasteiger partial charge in [0, 0.05) is 7.11 Å². The number of benzene rings is 1. The molecule has 1 N–H and O–H groups in total. The van der Waals surface area contributed by atoms with Gasteiger partial charge in [-0.05, 0) is 31.2 Å². The van der Waals surface area contributed by atoms with Crippen LogP contribution in [0, 0.1) is 11.8 Å². The minimum Gasteiger partial charge on any atom is -0.481 e. The molecule has 0 aliphatic carbocycles. The first-order valence-electron chi connectivity index (χ1n) is 8.00. The van der Waals surface area contributed by atoms with Crippen molar-refractivity contribution in [2.75, 3.05) is 20.3 Å². The van der Waals surface area contributed by atoms with Crippen molar-refractivity contribution in [2.24, 2.45) is 11.8 Å². The number of aryl methyl sites for hydroxylation is 1. The maximum atomic E-state index is 12.2. The van der Waals surface area contributed by atoms with Crippen LogP contribution in [0.25, 0.3) is 0 Å². The van der Waals surface area contributed by atoms with E-state index in [0.29, 0.717) is 25.9 Å². The van der Waals surface area contributed by atoms with Crippen molar-refractivity contribution >= 4 is 11.9 Å². The van der Waals surface area contributed by atoms with Gasteiger partial charge in [0.2, 0.25) is 0 Å². The highest BCUT2D eigenvalue weighted by Gasteiger charge is 2.27. The lowest BCUT2D eigenvalue weighted by Crippen LogP contribution is -2.25. The summed E-state index contributed by atoms with van der Waals surface area (Å²) < 4.78 is 10.1. The van der Waals surface area contributed by atoms with E-state index >= 15 is 0 Å². The van der Waals surface area contributed by atoms with E-state index in [9.17, 15) is 14.7 Å². The van der Waals surface area contributed by atoms with Gasteiger partial charge in [-0.15, -0.1) is 0 Å². The molecule has 0 fully saturated rings. The molecule has 0 aliphatic heterocycles. The highest BCUT2D eigenvalue weighted by atomic mass is 16.6. The number of carbonyl (C=O) groups is 2. The molecule has 0 aromatic heterocycles. The Hall–Kier alpha value is -1.88. The summed E-state index contributed by atoms with van der Waals surface area (Å²) in [4.78, 5) is 23.5. The molecular formula is C18H26O5. The summed E-state index contributed by atoms with van der Waals surface area (Å²) in [5.74, 6) is -2.13. The fraction of sp³-hybridized carbons (Fsp3) is 0.556. The summed E-state index contributed by atoms with van der Waals surface area (Å²) in [5, 5.41) is 9.23. The first-order valence-corrected chi connectivity index (χ1v) is 8.00. The molecule has 1 rings (SSSR count). The molecule has 2 atom stereocenters. The van der Waals surface area contributed by atoms with Gasteiger partial charge in [0.05, 0.1) is 18.4 Å². The topological polar surface area (TPSA) is 72.8 Å². The molecule has 128 valence electrons. The molecule has 2 unspecified atom stereocenters. The quantitative estimate of drug-likeness (QED) is 0.501. The normalized spacial score (nSPS) is 13.3. The Bertz CT molecular complexity index is 472. The summed E-state index contributed by atoms with van der Waals surface area (Å²) >= 11 is 0. The fourth-order valence-corrected chi connectivity index (χ4v) is 2.45. The Morgan fingerprint density at radius 3 is 2.39 bits per heavy atom. The molecule has 5 heteroatoms. The van der Waals surface area contributed by atoms with Crippen LogP contribution in [0.3, 0.4) is 0 Å². The summed E-state index contributed by atoms with van der Waals surface area (Å²) in [7, 11) is 1.54. The average molecular weight is 322 g/mol. The van der Waals surface area contributed by atoms with E-state index in [4.69, 9.17) is 9.47 Å². The Labute approximate surface area is 137 Å². The predicted molar refractivity (Wildman–Crippen MR) is 87.1 cm³/mol. The Morgan fingerprint density at radius 2 is 1.83 bits per heavy atom. The predicted octanol–water partition coefficient (Wildman–Crippen LogP) is 2.93. The molecule has 5 nitrogen and oxygen atoms in total. The molecule has 1 aromatic carbocycles. The standard InChI is InChI=1S/C18H26O5/c1-3-15(17(19)20)13-16(18(21)23-12-11-22-2)10-9-14-7-5-4-6-8-14/h4-8,15-16H,3,9-13H2,1-2H3,(H,19,20). The largest absolute Gasteiger partial charge is 0.481 e. The zero-order valence-corrected chi connectivity index (χ0v) is 13.9. The van der Waals surface area contributed by atoms with E-state index in [2.05, 4.69) is 0 Å². The van der Waals surface area contributed by atoms with Crippen LogP contribution < -0.4 is 0 Å². The van der Waals surface area contributed by atoms with Gasteiger partial charge in [0.25, 0.3) is 0 Å². The van der Waals surface area contributed by atoms with Crippen molar-refractivity contribution in [2.45, 2.75) is 32.6 Å². The van der Waals surface area contributed by atoms with Gasteiger partial charge in [-0.2, -0.15) is 0 Å². The maximum Gasteiger partial charge on any atom is 0.309 e. The second-order valence-corrected chi connectivity index (χ2v) is 5.56. The lowest BCUT2D eigenvalue weighted by Gasteiger charge is -2.19. The monoisotopic (exact) mass is 322 g/mol. The summed E-state index contributed by atoms with van der Waals surface area (Å²) in [6.07, 6.45) is 2.12. The van der Waals surface area contributed by atoms with Gasteiger partial charge in [-0.3, -0.25) is 9.59 Å². The van der Waals surface area contributed by atoms with Crippen molar-refractivity contribution in [3.63, 3.8) is 0 Å². The Morgan fingerprint density at radius 1 is 1.13 bits per heavy atom. The van der Waals surface area contributed by atoms with E-state index in [1.807, 2.05) is 37.3 Å². The molecule has 0 amide bonds. The number of carboxylic acids is 1. The Kier molecular flexibility index (Phi) is 8.98. The highest BCUT2D eigenvalue weighted by molar-refractivity contribution is 5.75. The molecule has 0 bridgehead atoms. The molecule has 1 aromatic rings. The molecule has 0 aliphatic rings. The number of methoxy groups -OCH3 is 1. The third-order valence-electron chi connectivity index (χ3n) is 3.90. The van der Waals surface area contributed by atoms with Crippen molar-refractivity contribution in [3.8, 4) is 0 Å². The smallest absolute Gasteiger partial charge is 0.309 e. The van der Waals surface area contributed by atoms with Crippen LogP contribution in [-0.4, -0.2) is 37.4 Å². The minimum absolute atomic E-state index is 0.195. The first-order chi connectivity index (χ1) is 11.1. The van der Waals surface area contributed by atoms with Crippen molar-refractivity contribution in [3.05, 3.63) is 35.9 Å². The number of ether oxygens (including phenoxy) is 2. The van der Waals surface area contributed by atoms with Gasteiger partial charge in [-0.1, -0.05) is 37.3 Å². The van der Waals surface area contributed by atoms with Crippen LogP contribution in [-0.2, 0) is 25.5 Å². The van der Waals surface area contributed by atoms with Crippen molar-refractivity contribution < 1.29 is 24.2 Å². The number of aliphatic carboxylic acids is 1. The number of esters is 1. The number of hydrogen-bond donors (Lipinski definition) is 1. The second kappa shape index (κ2) is 10.8. The van der Waals surface area contributed by atoms with E-state index < -0.39 is 17.8 Å². The summed E-state index contributed by atoms with van der Waals surface area (Å²) in [5.41, 5.74) is 1.13. The zero-order chi connectivity index (χ0) is 17.1. The maximum absolute atomic E-state index is 12.2. The number of rotatable bonds is 11. The molecule has 0 radical (unpaired) electrons. The lowest BCUT2D eigenvalue weighted by atomic mass is 9.88. The highest BCUT2D eigenvalue weighted by Crippen LogP contribution is 2.22. The zero-order valence-electron chi connectivity index (χ0n) is 13.9. The van der Waals surface area contributed by atoms with Crippen molar-refractivity contribution in [1.82, 2.24) is 0 Å². The Balaban J connectivity index is 2.66. The number of carboxylic acid groups (broad SMARTS) is 1. The van der Waals surface area contributed by atoms with Gasteiger partial charge in [0.1, 0.15) is 6.61 Å². The average Bonchev–Trinajstić information content (AvgIpc) is 2.55. The van der Waals surface area contributed by atoms with Crippen LogP contribution >= 0.6 is 0 Å². The number of hydrogen-bond acceptors (Lipinski definition) is 4.